The molecule has 2 aliphatic rings. The summed E-state index contributed by atoms with van der Waals surface area (Å²) in [4.78, 5) is 183. The van der Waals surface area contributed by atoms with Gasteiger partial charge in [0.05, 0.1) is 44.2 Å². The molecule has 19 N–H and O–H groups in total. The zero-order chi connectivity index (χ0) is 65.9. The first kappa shape index (κ1) is 75.4. The van der Waals surface area contributed by atoms with Gasteiger partial charge >= 0.3 is 5.97 Å². The van der Waals surface area contributed by atoms with Gasteiger partial charge in [-0.3, -0.25) is 57.5 Å². The van der Waals surface area contributed by atoms with E-state index in [1.165, 1.54) is 59.6 Å². The molecule has 494 valence electrons. The number of nitrogens with zero attached hydrogens (tertiary/aromatic N) is 3. The van der Waals surface area contributed by atoms with Gasteiger partial charge in [-0.2, -0.15) is 35.3 Å². The molecule has 14 atom stereocenters. The zero-order valence-electron chi connectivity index (χ0n) is 49.8. The van der Waals surface area contributed by atoms with Crippen molar-refractivity contribution >= 4 is 112 Å². The lowest BCUT2D eigenvalue weighted by atomic mass is 10.1. The van der Waals surface area contributed by atoms with Crippen molar-refractivity contribution in [3.63, 3.8) is 0 Å². The number of H-pyrrole nitrogens is 1. The van der Waals surface area contributed by atoms with Crippen molar-refractivity contribution in [2.45, 2.75) is 163 Å². The summed E-state index contributed by atoms with van der Waals surface area (Å²) in [5.74, 6) is -11.8. The number of aliphatic hydroxyl groups excluding tert-OH is 4. The first-order valence-electron chi connectivity index (χ1n) is 28.3. The number of nitrogens with two attached hydrogens (primary N) is 2. The monoisotopic (exact) mass is 1300 g/mol. The second-order valence-electron chi connectivity index (χ2n) is 21.0. The number of rotatable bonds is 38. The molecule has 2 saturated heterocycles. The van der Waals surface area contributed by atoms with E-state index in [1.807, 2.05) is 0 Å². The number of aliphatic carboxylic acids is 1. The van der Waals surface area contributed by atoms with Crippen LogP contribution in [0.2, 0.25) is 0 Å². The Balaban J connectivity index is 1.80. The molecule has 12 amide bonds. The topological polar surface area (TPSA) is 519 Å². The number of imidazole rings is 1. The molecular formula is C52H85N15O18S3. The number of aromatic amines is 1. The predicted molar refractivity (Wildman–Crippen MR) is 321 cm³/mol. The standard InChI is InChI=1S/C52H85N15O18S3/c1-25(53)41(73)57-29(11-16-86-4)42(74)62-34(22-68)45(77)58-30(12-17-87-5)43(75)64-40(27(3)71)49(81)65-39(26(2)70)48(80)59-31(13-18-88-6)50(82)66-14-7-9-36(66)46(78)60-32(19-28-21-55-24-56-28)44(76)63-35(23-69)51(83)67-15-8-10-37(67)47(79)61-33(52(84)85)20-38(54)72/h21,24-27,29-37,39-40,68-71H,7-20,22-23,53H2,1-6H3,(H2,54,72)(H,55,56)(H,57,73)(H,58,77)(H,59,80)(H,60,78)(H,61,79)(H,62,74)(H,63,76)(H,64,75)(H,65,81)(H,84,85)/t25-,26+,27+,29-,30-,31-,32-,33-,34-,35-,36-,37-,39-,40-/m0/s1. The van der Waals surface area contributed by atoms with Gasteiger partial charge in [0.15, 0.2) is 0 Å². The highest BCUT2D eigenvalue weighted by Crippen LogP contribution is 2.22. The highest BCUT2D eigenvalue weighted by Gasteiger charge is 2.43. The van der Waals surface area contributed by atoms with Gasteiger partial charge in [-0.05, 0) is 102 Å². The first-order chi connectivity index (χ1) is 41.6. The Morgan fingerprint density at radius 1 is 0.568 bits per heavy atom. The number of carboxylic acid groups (broad SMARTS) is 1. The number of carboxylic acids is 1. The molecule has 3 rings (SSSR count). The van der Waals surface area contributed by atoms with Crippen LogP contribution < -0.4 is 59.3 Å². The lowest BCUT2D eigenvalue weighted by Gasteiger charge is -2.32. The number of carbonyl (C=O) groups is 13. The predicted octanol–water partition coefficient (Wildman–Crippen LogP) is -7.39. The zero-order valence-corrected chi connectivity index (χ0v) is 52.3. The molecular weight excluding hydrogens is 1220 g/mol. The van der Waals surface area contributed by atoms with Gasteiger partial charge in [-0.15, -0.1) is 0 Å². The van der Waals surface area contributed by atoms with Crippen molar-refractivity contribution in [2.75, 3.05) is 62.3 Å². The van der Waals surface area contributed by atoms with Gasteiger partial charge in [-0.1, -0.05) is 0 Å². The Bertz CT molecular complexity index is 2570. The number of hydrogen-bond acceptors (Lipinski definition) is 22. The van der Waals surface area contributed by atoms with Crippen molar-refractivity contribution in [3.05, 3.63) is 18.2 Å². The largest absolute Gasteiger partial charge is 0.480 e. The summed E-state index contributed by atoms with van der Waals surface area (Å²) in [6.07, 6.45) is 4.27. The third-order valence-corrected chi connectivity index (χ3v) is 16.1. The van der Waals surface area contributed by atoms with E-state index >= 15 is 0 Å². The van der Waals surface area contributed by atoms with E-state index in [0.717, 1.165) is 18.7 Å². The van der Waals surface area contributed by atoms with Crippen molar-refractivity contribution in [3.8, 4) is 0 Å². The molecule has 2 fully saturated rings. The summed E-state index contributed by atoms with van der Waals surface area (Å²) in [7, 11) is 0. The number of aliphatic hydroxyl groups is 4. The summed E-state index contributed by atoms with van der Waals surface area (Å²) < 4.78 is 0. The van der Waals surface area contributed by atoms with Gasteiger partial charge in [0.25, 0.3) is 0 Å². The fraction of sp³-hybridized carbons (Fsp3) is 0.692. The molecule has 88 heavy (non-hydrogen) atoms. The maximum absolute atomic E-state index is 14.5. The Labute approximate surface area is 520 Å². The highest BCUT2D eigenvalue weighted by molar-refractivity contribution is 7.99. The lowest BCUT2D eigenvalue weighted by molar-refractivity contribution is -0.146. The fourth-order valence-electron chi connectivity index (χ4n) is 9.34. The van der Waals surface area contributed by atoms with Gasteiger partial charge in [-0.25, -0.2) is 9.78 Å². The van der Waals surface area contributed by atoms with Crippen LogP contribution in [0, 0.1) is 0 Å². The van der Waals surface area contributed by atoms with E-state index in [9.17, 15) is 87.9 Å². The maximum Gasteiger partial charge on any atom is 0.326 e. The lowest BCUT2D eigenvalue weighted by Crippen LogP contribution is -2.63. The number of likely N-dealkylation sites (tertiary alicyclic amines) is 2. The van der Waals surface area contributed by atoms with E-state index in [1.54, 1.807) is 18.8 Å². The van der Waals surface area contributed by atoms with Gasteiger partial charge in [0.1, 0.15) is 66.5 Å². The second-order valence-corrected chi connectivity index (χ2v) is 24.0. The third kappa shape index (κ3) is 23.3. The molecule has 0 aliphatic carbocycles. The number of hydrogen-bond donors (Lipinski definition) is 17. The number of primary amides is 1. The fourth-order valence-corrected chi connectivity index (χ4v) is 10.8. The Morgan fingerprint density at radius 2 is 0.966 bits per heavy atom. The van der Waals surface area contributed by atoms with Gasteiger partial charge in [0.2, 0.25) is 70.9 Å². The molecule has 0 radical (unpaired) electrons. The number of aromatic nitrogens is 2. The Hall–Kier alpha value is -6.83. The van der Waals surface area contributed by atoms with Gasteiger partial charge < -0.3 is 99.6 Å². The molecule has 0 bridgehead atoms. The minimum Gasteiger partial charge on any atom is -0.480 e. The summed E-state index contributed by atoms with van der Waals surface area (Å²) >= 11 is 3.97. The van der Waals surface area contributed by atoms with Crippen LogP contribution in [0.25, 0.3) is 0 Å². The van der Waals surface area contributed by atoms with Crippen LogP contribution in [-0.2, 0) is 68.7 Å². The minimum atomic E-state index is -1.84. The molecule has 36 heteroatoms. The maximum atomic E-state index is 14.5. The van der Waals surface area contributed by atoms with Crippen molar-refractivity contribution in [2.24, 2.45) is 11.5 Å². The molecule has 0 unspecified atom stereocenters. The molecule has 2 aliphatic heterocycles. The normalized spacial score (nSPS) is 18.8. The van der Waals surface area contributed by atoms with Crippen LogP contribution in [0.1, 0.15) is 77.8 Å². The summed E-state index contributed by atoms with van der Waals surface area (Å²) in [6, 6.07) is -17.6. The van der Waals surface area contributed by atoms with Crippen molar-refractivity contribution in [1.82, 2.24) is 67.6 Å². The number of carbonyl (C=O) groups excluding carboxylic acids is 12. The van der Waals surface area contributed by atoms with Crippen molar-refractivity contribution in [1.29, 1.82) is 0 Å². The van der Waals surface area contributed by atoms with Gasteiger partial charge in [0, 0.05) is 31.4 Å². The summed E-state index contributed by atoms with van der Waals surface area (Å²) in [6.45, 7) is 1.74. The molecule has 3 heterocycles. The number of nitrogens with one attached hydrogen (secondary N) is 10. The van der Waals surface area contributed by atoms with E-state index in [-0.39, 0.29) is 76.0 Å². The molecule has 0 spiro atoms. The van der Waals surface area contributed by atoms with Crippen LogP contribution in [0.5, 0.6) is 0 Å². The quantitative estimate of drug-likeness (QED) is 0.0292. The van der Waals surface area contributed by atoms with Crippen LogP contribution in [0.15, 0.2) is 12.5 Å². The Morgan fingerprint density at radius 3 is 1.41 bits per heavy atom. The van der Waals surface area contributed by atoms with Crippen molar-refractivity contribution < 1.29 is 87.9 Å². The van der Waals surface area contributed by atoms with Crippen LogP contribution >= 0.6 is 35.3 Å². The summed E-state index contributed by atoms with van der Waals surface area (Å²) in [5, 5.41) is 73.5. The van der Waals surface area contributed by atoms with Crippen LogP contribution in [-0.4, -0.2) is 269 Å². The highest BCUT2D eigenvalue weighted by atomic mass is 32.2. The average molecular weight is 1300 g/mol. The van der Waals surface area contributed by atoms with Crippen LogP contribution in [0.4, 0.5) is 0 Å². The number of thioether (sulfide) groups is 3. The molecule has 1 aromatic rings. The Kier molecular flexibility index (Phi) is 32.5. The van der Waals surface area contributed by atoms with E-state index in [2.05, 4.69) is 57.8 Å². The molecule has 0 aromatic carbocycles. The van der Waals surface area contributed by atoms with E-state index < -0.39 is 181 Å². The smallest absolute Gasteiger partial charge is 0.326 e. The molecule has 0 saturated carbocycles. The van der Waals surface area contributed by atoms with E-state index in [4.69, 9.17) is 11.5 Å². The summed E-state index contributed by atoms with van der Waals surface area (Å²) in [5.41, 5.74) is 11.1. The SMILES string of the molecule is CSCC[C@H](NC(=O)[C@H](C)N)C(=O)N[C@@H](CO)C(=O)N[C@@H](CCSC)C(=O)N[C@H](C(=O)N[C@H](C(=O)N[C@@H](CCSC)C(=O)N1CCC[C@H]1C(=O)N[C@@H](Cc1cnc[nH]1)C(=O)N[C@@H](CO)C(=O)N1CCC[C@H]1C(=O)N[C@@H](CC(N)=O)C(=O)O)[C@@H](C)O)[C@@H](C)O. The second kappa shape index (κ2) is 37.9. The third-order valence-electron chi connectivity index (χ3n) is 14.2. The van der Waals surface area contributed by atoms with Crippen LogP contribution in [0.3, 0.4) is 0 Å². The minimum absolute atomic E-state index is 0.00547. The number of amides is 12. The first-order valence-corrected chi connectivity index (χ1v) is 32.5. The average Bonchev–Trinajstić information content (AvgIpc) is 3.93. The molecule has 1 aromatic heterocycles. The molecule has 33 nitrogen and oxygen atoms in total. The van der Waals surface area contributed by atoms with E-state index in [0.29, 0.717) is 11.4 Å².